The smallest absolute Gasteiger partial charge is 0.254 e. The SMILES string of the molecule is C[C@H](NC(=O)C(CC12CC(C1)C2)NC(=O)c1cc(F)ccc1N)c1ccc(F)cc1F. The zero-order valence-corrected chi connectivity index (χ0v) is 17.1. The lowest BCUT2D eigenvalue weighted by molar-refractivity contribution is -0.136. The number of hydrogen-bond donors (Lipinski definition) is 3. The van der Waals surface area contributed by atoms with Crippen LogP contribution in [-0.4, -0.2) is 17.9 Å². The van der Waals surface area contributed by atoms with Crippen LogP contribution in [0.5, 0.6) is 0 Å². The van der Waals surface area contributed by atoms with Gasteiger partial charge in [0.15, 0.2) is 0 Å². The number of hydrogen-bond acceptors (Lipinski definition) is 3. The third-order valence-electron chi connectivity index (χ3n) is 6.47. The van der Waals surface area contributed by atoms with Crippen LogP contribution in [0.3, 0.4) is 0 Å². The van der Waals surface area contributed by atoms with Crippen LogP contribution in [0.1, 0.15) is 54.6 Å². The third kappa shape index (κ3) is 4.24. The molecule has 4 N–H and O–H groups in total. The van der Waals surface area contributed by atoms with Crippen molar-refractivity contribution in [3.63, 3.8) is 0 Å². The van der Waals surface area contributed by atoms with E-state index in [1.165, 1.54) is 12.1 Å². The predicted octanol–water partition coefficient (Wildman–Crippen LogP) is 3.85. The number of anilines is 1. The van der Waals surface area contributed by atoms with E-state index in [9.17, 15) is 22.8 Å². The van der Waals surface area contributed by atoms with E-state index in [1.807, 2.05) is 0 Å². The Morgan fingerprint density at radius 1 is 1.06 bits per heavy atom. The van der Waals surface area contributed by atoms with Crippen LogP contribution in [0.4, 0.5) is 18.9 Å². The predicted molar refractivity (Wildman–Crippen MR) is 109 cm³/mol. The molecule has 3 aliphatic rings. The first-order valence-electron chi connectivity index (χ1n) is 10.3. The molecule has 0 heterocycles. The van der Waals surface area contributed by atoms with Crippen LogP contribution in [0.15, 0.2) is 36.4 Å². The number of nitrogens with one attached hydrogen (secondary N) is 2. The van der Waals surface area contributed by atoms with Gasteiger partial charge >= 0.3 is 0 Å². The summed E-state index contributed by atoms with van der Waals surface area (Å²) in [6.07, 6.45) is 3.47. The van der Waals surface area contributed by atoms with Crippen LogP contribution >= 0.6 is 0 Å². The molecule has 2 aromatic rings. The van der Waals surface area contributed by atoms with Gasteiger partial charge in [0.1, 0.15) is 23.5 Å². The van der Waals surface area contributed by atoms with E-state index in [1.54, 1.807) is 6.92 Å². The maximum Gasteiger partial charge on any atom is 0.254 e. The number of nitrogens with two attached hydrogens (primary N) is 1. The van der Waals surface area contributed by atoms with Gasteiger partial charge in [0.2, 0.25) is 5.91 Å². The topological polar surface area (TPSA) is 84.2 Å². The standard InChI is InChI=1S/C23H24F3N3O2/c1-12(16-4-2-15(25)7-18(16)26)28-22(31)20(11-23-8-13(9-23)10-23)29-21(30)17-6-14(24)3-5-19(17)27/h2-7,12-13,20H,8-11,27H2,1H3,(H,28,31)(H,29,30)/t12-,13?,20?,23?/m0/s1. The summed E-state index contributed by atoms with van der Waals surface area (Å²) in [5, 5.41) is 5.39. The van der Waals surface area contributed by atoms with Gasteiger partial charge in [0.25, 0.3) is 5.91 Å². The Labute approximate surface area is 178 Å². The largest absolute Gasteiger partial charge is 0.398 e. The highest BCUT2D eigenvalue weighted by Gasteiger charge is 2.57. The fourth-order valence-electron chi connectivity index (χ4n) is 4.76. The fraction of sp³-hybridized carbons (Fsp3) is 0.391. The van der Waals surface area contributed by atoms with E-state index in [0.717, 1.165) is 43.5 Å². The van der Waals surface area contributed by atoms with Crippen molar-refractivity contribution in [3.8, 4) is 0 Å². The third-order valence-corrected chi connectivity index (χ3v) is 6.47. The summed E-state index contributed by atoms with van der Waals surface area (Å²) in [7, 11) is 0. The molecule has 0 aromatic heterocycles. The van der Waals surface area contributed by atoms with Crippen LogP contribution in [0.25, 0.3) is 0 Å². The minimum Gasteiger partial charge on any atom is -0.398 e. The van der Waals surface area contributed by atoms with Crippen LogP contribution in [0, 0.1) is 28.8 Å². The first kappa shape index (κ1) is 21.2. The Balaban J connectivity index is 1.50. The highest BCUT2D eigenvalue weighted by Crippen LogP contribution is 2.66. The Kier molecular flexibility index (Phi) is 5.41. The molecule has 5 rings (SSSR count). The maximum absolute atomic E-state index is 14.1. The van der Waals surface area contributed by atoms with Gasteiger partial charge in [-0.2, -0.15) is 0 Å². The first-order valence-corrected chi connectivity index (χ1v) is 10.3. The number of rotatable bonds is 7. The Bertz CT molecular complexity index is 1030. The van der Waals surface area contributed by atoms with Crippen molar-refractivity contribution in [2.45, 2.75) is 44.7 Å². The summed E-state index contributed by atoms with van der Waals surface area (Å²) in [6.45, 7) is 1.58. The molecular weight excluding hydrogens is 407 g/mol. The van der Waals surface area contributed by atoms with Gasteiger partial charge in [0, 0.05) is 17.3 Å². The van der Waals surface area contributed by atoms with Gasteiger partial charge in [-0.15, -0.1) is 0 Å². The van der Waals surface area contributed by atoms with Crippen molar-refractivity contribution in [1.82, 2.24) is 10.6 Å². The maximum atomic E-state index is 14.1. The molecule has 0 saturated heterocycles. The van der Waals surface area contributed by atoms with Gasteiger partial charge in [-0.3, -0.25) is 9.59 Å². The highest BCUT2D eigenvalue weighted by atomic mass is 19.1. The number of carbonyl (C=O) groups is 2. The summed E-state index contributed by atoms with van der Waals surface area (Å²) in [4.78, 5) is 25.8. The Morgan fingerprint density at radius 2 is 1.71 bits per heavy atom. The second-order valence-electron chi connectivity index (χ2n) is 8.84. The summed E-state index contributed by atoms with van der Waals surface area (Å²) in [5.41, 5.74) is 6.02. The fourth-order valence-corrected chi connectivity index (χ4v) is 4.76. The molecule has 8 heteroatoms. The molecule has 3 fully saturated rings. The van der Waals surface area contributed by atoms with E-state index in [-0.39, 0.29) is 22.2 Å². The molecule has 3 saturated carbocycles. The van der Waals surface area contributed by atoms with Crippen molar-refractivity contribution >= 4 is 17.5 Å². The number of benzene rings is 2. The quantitative estimate of drug-likeness (QED) is 0.582. The van der Waals surface area contributed by atoms with Crippen LogP contribution < -0.4 is 16.4 Å². The monoisotopic (exact) mass is 431 g/mol. The number of halogens is 3. The van der Waals surface area contributed by atoms with E-state index < -0.39 is 41.3 Å². The zero-order valence-electron chi connectivity index (χ0n) is 17.1. The van der Waals surface area contributed by atoms with Gasteiger partial charge in [-0.25, -0.2) is 13.2 Å². The molecule has 2 bridgehead atoms. The number of amides is 2. The molecule has 0 radical (unpaired) electrons. The second-order valence-corrected chi connectivity index (χ2v) is 8.84. The Hall–Kier alpha value is -3.03. The molecule has 5 nitrogen and oxygen atoms in total. The van der Waals surface area contributed by atoms with Crippen molar-refractivity contribution < 1.29 is 22.8 Å². The van der Waals surface area contributed by atoms with Crippen molar-refractivity contribution in [3.05, 3.63) is 65.0 Å². The lowest BCUT2D eigenvalue weighted by Crippen LogP contribution is -2.58. The molecule has 2 amide bonds. The lowest BCUT2D eigenvalue weighted by Gasteiger charge is -2.63. The van der Waals surface area contributed by atoms with Crippen LogP contribution in [0.2, 0.25) is 0 Å². The van der Waals surface area contributed by atoms with Crippen molar-refractivity contribution in [1.29, 1.82) is 0 Å². The molecule has 3 aliphatic carbocycles. The molecule has 2 aromatic carbocycles. The number of nitrogen functional groups attached to an aromatic ring is 1. The number of carbonyl (C=O) groups excluding carboxylic acids is 2. The van der Waals surface area contributed by atoms with Crippen LogP contribution in [-0.2, 0) is 4.79 Å². The average molecular weight is 431 g/mol. The van der Waals surface area contributed by atoms with Gasteiger partial charge in [-0.1, -0.05) is 6.07 Å². The lowest BCUT2D eigenvalue weighted by atomic mass is 9.43. The summed E-state index contributed by atoms with van der Waals surface area (Å²) in [6, 6.07) is 4.99. The second kappa shape index (κ2) is 7.90. The average Bonchev–Trinajstić information content (AvgIpc) is 2.64. The zero-order chi connectivity index (χ0) is 22.3. The van der Waals surface area contributed by atoms with Crippen molar-refractivity contribution in [2.24, 2.45) is 11.3 Å². The summed E-state index contributed by atoms with van der Waals surface area (Å²) >= 11 is 0. The van der Waals surface area contributed by atoms with E-state index in [4.69, 9.17) is 5.73 Å². The van der Waals surface area contributed by atoms with Gasteiger partial charge in [0.05, 0.1) is 11.6 Å². The highest BCUT2D eigenvalue weighted by molar-refractivity contribution is 6.01. The van der Waals surface area contributed by atoms with E-state index in [2.05, 4.69) is 10.6 Å². The normalized spacial score (nSPS) is 23.2. The summed E-state index contributed by atoms with van der Waals surface area (Å²) in [5.74, 6) is -2.53. The first-order chi connectivity index (χ1) is 14.7. The molecule has 1 unspecified atom stereocenters. The van der Waals surface area contributed by atoms with Gasteiger partial charge < -0.3 is 16.4 Å². The van der Waals surface area contributed by atoms with E-state index >= 15 is 0 Å². The molecule has 164 valence electrons. The molecule has 2 atom stereocenters. The van der Waals surface area contributed by atoms with Gasteiger partial charge in [-0.05, 0) is 68.2 Å². The van der Waals surface area contributed by atoms with E-state index in [0.29, 0.717) is 12.3 Å². The molecule has 0 spiro atoms. The molecule has 31 heavy (non-hydrogen) atoms. The summed E-state index contributed by atoms with van der Waals surface area (Å²) < 4.78 is 40.9. The van der Waals surface area contributed by atoms with Crippen molar-refractivity contribution in [2.75, 3.05) is 5.73 Å². The Morgan fingerprint density at radius 3 is 2.32 bits per heavy atom. The molecule has 0 aliphatic heterocycles. The molecular formula is C23H24F3N3O2. The minimum absolute atomic E-state index is 0.0256. The minimum atomic E-state index is -0.887.